The van der Waals surface area contributed by atoms with E-state index in [2.05, 4.69) is 5.32 Å². The van der Waals surface area contributed by atoms with E-state index in [0.717, 1.165) is 13.0 Å². The van der Waals surface area contributed by atoms with Gasteiger partial charge >= 0.3 is 6.18 Å². The molecule has 1 N–H and O–H groups in total. The van der Waals surface area contributed by atoms with E-state index in [1.807, 2.05) is 19.0 Å². The molecule has 114 valence electrons. The van der Waals surface area contributed by atoms with E-state index in [9.17, 15) is 13.2 Å². The second-order valence-electron chi connectivity index (χ2n) is 5.41. The molecule has 1 fully saturated rings. The summed E-state index contributed by atoms with van der Waals surface area (Å²) in [5.41, 5.74) is 0. The molecule has 0 spiro atoms. The van der Waals surface area contributed by atoms with Gasteiger partial charge in [0.25, 0.3) is 0 Å². The van der Waals surface area contributed by atoms with Gasteiger partial charge < -0.3 is 15.0 Å². The number of nitrogens with one attached hydrogen (secondary N) is 1. The molecular formula is C13H25F3N2O. The zero-order chi connectivity index (χ0) is 14.3. The first kappa shape index (κ1) is 16.7. The largest absolute Gasteiger partial charge is 0.393 e. The smallest absolute Gasteiger partial charge is 0.379 e. The molecule has 0 amide bonds. The van der Waals surface area contributed by atoms with Crippen LogP contribution in [0.2, 0.25) is 0 Å². The molecule has 3 nitrogen and oxygen atoms in total. The molecule has 1 rings (SSSR count). The molecule has 0 heterocycles. The van der Waals surface area contributed by atoms with Crippen molar-refractivity contribution in [3.05, 3.63) is 0 Å². The number of ether oxygens (including phenoxy) is 1. The third-order valence-electron chi connectivity index (χ3n) is 3.52. The molecule has 2 unspecified atom stereocenters. The summed E-state index contributed by atoms with van der Waals surface area (Å²) in [7, 11) is 3.91. The number of halogens is 3. The number of rotatable bonds is 7. The lowest BCUT2D eigenvalue weighted by molar-refractivity contribution is -0.189. The Morgan fingerprint density at radius 3 is 2.47 bits per heavy atom. The number of nitrogens with zero attached hydrogens (tertiary/aromatic N) is 1. The minimum atomic E-state index is -4.08. The summed E-state index contributed by atoms with van der Waals surface area (Å²) in [6.07, 6.45) is -1.65. The molecule has 0 aromatic carbocycles. The van der Waals surface area contributed by atoms with Gasteiger partial charge in [0.1, 0.15) is 0 Å². The van der Waals surface area contributed by atoms with Gasteiger partial charge in [-0.15, -0.1) is 0 Å². The number of alkyl halides is 3. The summed E-state index contributed by atoms with van der Waals surface area (Å²) in [4.78, 5) is 2.01. The van der Waals surface area contributed by atoms with E-state index in [1.54, 1.807) is 0 Å². The van der Waals surface area contributed by atoms with Crippen LogP contribution in [0.3, 0.4) is 0 Å². The van der Waals surface area contributed by atoms with Gasteiger partial charge in [-0.05, 0) is 26.9 Å². The normalized spacial score (nSPS) is 24.9. The summed E-state index contributed by atoms with van der Waals surface area (Å²) >= 11 is 0. The maximum absolute atomic E-state index is 12.8. The first-order valence-corrected chi connectivity index (χ1v) is 6.94. The fraction of sp³-hybridized carbons (Fsp3) is 1.00. The van der Waals surface area contributed by atoms with Gasteiger partial charge in [0, 0.05) is 19.1 Å². The van der Waals surface area contributed by atoms with E-state index < -0.39 is 18.1 Å². The van der Waals surface area contributed by atoms with Crippen LogP contribution in [0.25, 0.3) is 0 Å². The number of hydrogen-bond donors (Lipinski definition) is 1. The highest BCUT2D eigenvalue weighted by molar-refractivity contribution is 4.85. The molecular weight excluding hydrogens is 257 g/mol. The van der Waals surface area contributed by atoms with Gasteiger partial charge in [0.15, 0.2) is 0 Å². The highest BCUT2D eigenvalue weighted by Crippen LogP contribution is 2.37. The Labute approximate surface area is 113 Å². The molecule has 0 aliphatic heterocycles. The minimum Gasteiger partial charge on any atom is -0.379 e. The maximum Gasteiger partial charge on any atom is 0.393 e. The van der Waals surface area contributed by atoms with Crippen molar-refractivity contribution < 1.29 is 17.9 Å². The van der Waals surface area contributed by atoms with E-state index >= 15 is 0 Å². The van der Waals surface area contributed by atoms with Gasteiger partial charge in [-0.2, -0.15) is 13.2 Å². The zero-order valence-electron chi connectivity index (χ0n) is 11.8. The van der Waals surface area contributed by atoms with Crippen molar-refractivity contribution in [1.29, 1.82) is 0 Å². The molecule has 19 heavy (non-hydrogen) atoms. The average Bonchev–Trinajstić information content (AvgIpc) is 2.32. The molecule has 1 aliphatic carbocycles. The van der Waals surface area contributed by atoms with Gasteiger partial charge in [-0.25, -0.2) is 0 Å². The molecule has 0 aromatic rings. The van der Waals surface area contributed by atoms with Crippen molar-refractivity contribution in [3.63, 3.8) is 0 Å². The Morgan fingerprint density at radius 1 is 1.16 bits per heavy atom. The molecule has 0 bridgehead atoms. The van der Waals surface area contributed by atoms with Crippen LogP contribution >= 0.6 is 0 Å². The number of likely N-dealkylation sites (N-methyl/N-ethyl adjacent to an activating group) is 1. The van der Waals surface area contributed by atoms with Crippen molar-refractivity contribution >= 4 is 0 Å². The molecule has 1 saturated carbocycles. The molecule has 6 heteroatoms. The monoisotopic (exact) mass is 282 g/mol. The van der Waals surface area contributed by atoms with Crippen molar-refractivity contribution in [2.24, 2.45) is 5.92 Å². The first-order valence-electron chi connectivity index (χ1n) is 6.94. The van der Waals surface area contributed by atoms with Crippen LogP contribution < -0.4 is 5.32 Å². The van der Waals surface area contributed by atoms with E-state index in [4.69, 9.17) is 4.74 Å². The lowest BCUT2D eigenvalue weighted by Gasteiger charge is -2.33. The lowest BCUT2D eigenvalue weighted by atomic mass is 9.84. The summed E-state index contributed by atoms with van der Waals surface area (Å²) < 4.78 is 43.9. The molecule has 0 aromatic heterocycles. The maximum atomic E-state index is 12.8. The van der Waals surface area contributed by atoms with Gasteiger partial charge in [0.2, 0.25) is 0 Å². The predicted octanol–water partition coefficient (Wildman–Crippen LogP) is 2.28. The standard InChI is InChI=1S/C13H25F3N2O/c1-18(2)8-10-19-9-7-17-12-6-4-3-5-11(12)13(14,15)16/h11-12,17H,3-10H2,1-2H3. The summed E-state index contributed by atoms with van der Waals surface area (Å²) in [6, 6.07) is -0.439. The summed E-state index contributed by atoms with van der Waals surface area (Å²) in [5.74, 6) is -1.19. The lowest BCUT2D eigenvalue weighted by Crippen LogP contribution is -2.46. The Hall–Kier alpha value is -0.330. The van der Waals surface area contributed by atoms with Crippen LogP contribution in [0.4, 0.5) is 13.2 Å². The zero-order valence-corrected chi connectivity index (χ0v) is 11.8. The Morgan fingerprint density at radius 2 is 1.84 bits per heavy atom. The number of hydrogen-bond acceptors (Lipinski definition) is 3. The van der Waals surface area contributed by atoms with Crippen LogP contribution in [-0.4, -0.2) is 57.5 Å². The van der Waals surface area contributed by atoms with Crippen LogP contribution in [0.15, 0.2) is 0 Å². The van der Waals surface area contributed by atoms with Crippen LogP contribution in [0.1, 0.15) is 25.7 Å². The summed E-state index contributed by atoms with van der Waals surface area (Å²) in [6.45, 7) is 2.40. The third kappa shape index (κ3) is 6.58. The SMILES string of the molecule is CN(C)CCOCCNC1CCCCC1C(F)(F)F. The van der Waals surface area contributed by atoms with Gasteiger partial charge in [-0.1, -0.05) is 12.8 Å². The van der Waals surface area contributed by atoms with Crippen molar-refractivity contribution in [2.45, 2.75) is 37.9 Å². The van der Waals surface area contributed by atoms with Gasteiger partial charge in [-0.3, -0.25) is 0 Å². The fourth-order valence-electron chi connectivity index (χ4n) is 2.43. The van der Waals surface area contributed by atoms with Crippen molar-refractivity contribution in [2.75, 3.05) is 40.4 Å². The van der Waals surface area contributed by atoms with Crippen molar-refractivity contribution in [1.82, 2.24) is 10.2 Å². The Balaban J connectivity index is 2.19. The van der Waals surface area contributed by atoms with Crippen LogP contribution in [0, 0.1) is 5.92 Å². The van der Waals surface area contributed by atoms with E-state index in [0.29, 0.717) is 32.6 Å². The van der Waals surface area contributed by atoms with E-state index in [-0.39, 0.29) is 6.42 Å². The van der Waals surface area contributed by atoms with Crippen molar-refractivity contribution in [3.8, 4) is 0 Å². The third-order valence-corrected chi connectivity index (χ3v) is 3.52. The quantitative estimate of drug-likeness (QED) is 0.725. The van der Waals surface area contributed by atoms with Gasteiger partial charge in [0.05, 0.1) is 19.1 Å². The Bertz CT molecular complexity index is 247. The first-order chi connectivity index (χ1) is 8.91. The highest BCUT2D eigenvalue weighted by atomic mass is 19.4. The fourth-order valence-corrected chi connectivity index (χ4v) is 2.43. The molecule has 0 radical (unpaired) electrons. The van der Waals surface area contributed by atoms with Crippen LogP contribution in [-0.2, 0) is 4.74 Å². The average molecular weight is 282 g/mol. The molecule has 1 aliphatic rings. The minimum absolute atomic E-state index is 0.253. The summed E-state index contributed by atoms with van der Waals surface area (Å²) in [5, 5.41) is 3.01. The Kier molecular flexibility index (Phi) is 7.10. The highest BCUT2D eigenvalue weighted by Gasteiger charge is 2.45. The molecule has 0 saturated heterocycles. The van der Waals surface area contributed by atoms with Crippen LogP contribution in [0.5, 0.6) is 0 Å². The molecule has 2 atom stereocenters. The second-order valence-corrected chi connectivity index (χ2v) is 5.41. The topological polar surface area (TPSA) is 24.5 Å². The second kappa shape index (κ2) is 8.07. The predicted molar refractivity (Wildman–Crippen MR) is 69.2 cm³/mol. The van der Waals surface area contributed by atoms with E-state index in [1.165, 1.54) is 0 Å².